The van der Waals surface area contributed by atoms with E-state index in [-0.39, 0.29) is 24.1 Å². The third-order valence-corrected chi connectivity index (χ3v) is 8.29. The summed E-state index contributed by atoms with van der Waals surface area (Å²) >= 11 is 0. The molecule has 0 bridgehead atoms. The largest absolute Gasteiger partial charge is 0.469 e. The van der Waals surface area contributed by atoms with Gasteiger partial charge in [-0.15, -0.1) is 0 Å². The Morgan fingerprint density at radius 1 is 0.600 bits per heavy atom. The average Bonchev–Trinajstić information content (AvgIpc) is 3.46. The van der Waals surface area contributed by atoms with Gasteiger partial charge in [-0.05, 0) is 33.6 Å². The summed E-state index contributed by atoms with van der Waals surface area (Å²) in [6.45, 7) is 11.1. The topological polar surface area (TPSA) is 82.1 Å². The first-order valence-corrected chi connectivity index (χ1v) is 18.9. The van der Waals surface area contributed by atoms with Gasteiger partial charge in [-0.3, -0.25) is 9.59 Å². The number of esters is 2. The zero-order valence-electron chi connectivity index (χ0n) is 30.6. The summed E-state index contributed by atoms with van der Waals surface area (Å²) in [6.07, 6.45) is 29.7. The number of hydrogen-bond acceptors (Lipinski definition) is 6. The van der Waals surface area contributed by atoms with Gasteiger partial charge < -0.3 is 19.1 Å². The molecule has 0 spiro atoms. The Labute approximate surface area is 278 Å². The van der Waals surface area contributed by atoms with Gasteiger partial charge in [-0.25, -0.2) is 4.79 Å². The second-order valence-electron chi connectivity index (χ2n) is 14.0. The Morgan fingerprint density at radius 2 is 0.978 bits per heavy atom. The monoisotopic (exact) mass is 640 g/mol. The van der Waals surface area contributed by atoms with Crippen molar-refractivity contribution in [3.63, 3.8) is 0 Å². The molecule has 0 radical (unpaired) electrons. The first-order chi connectivity index (χ1) is 21.6. The van der Waals surface area contributed by atoms with Crippen LogP contribution in [-0.2, 0) is 23.8 Å². The smallest absolute Gasteiger partial charge is 0.410 e. The number of rotatable bonds is 25. The Kier molecular flexibility index (Phi) is 28.4. The first-order valence-electron chi connectivity index (χ1n) is 18.9. The molecule has 1 aliphatic rings. The van der Waals surface area contributed by atoms with Crippen molar-refractivity contribution in [2.75, 3.05) is 20.2 Å². The summed E-state index contributed by atoms with van der Waals surface area (Å²) in [5.41, 5.74) is -0.499. The van der Waals surface area contributed by atoms with Crippen LogP contribution < -0.4 is 0 Å². The molecule has 1 rings (SSSR count). The quantitative estimate of drug-likeness (QED) is 0.0561. The maximum atomic E-state index is 12.0. The van der Waals surface area contributed by atoms with Gasteiger partial charge in [-0.2, -0.15) is 0 Å². The summed E-state index contributed by atoms with van der Waals surface area (Å²) in [6, 6.07) is 0. The first kappa shape index (κ1) is 43.2. The second-order valence-corrected chi connectivity index (χ2v) is 14.0. The molecule has 266 valence electrons. The van der Waals surface area contributed by atoms with Crippen molar-refractivity contribution >= 4 is 18.0 Å². The van der Waals surface area contributed by atoms with Crippen LogP contribution in [0.3, 0.4) is 0 Å². The van der Waals surface area contributed by atoms with E-state index in [9.17, 15) is 14.4 Å². The van der Waals surface area contributed by atoms with Gasteiger partial charge in [-0.1, -0.05) is 142 Å². The molecule has 1 fully saturated rings. The molecule has 7 nitrogen and oxygen atoms in total. The number of nitrogens with zero attached hydrogens (tertiary/aromatic N) is 1. The third-order valence-electron chi connectivity index (χ3n) is 8.29. The fourth-order valence-corrected chi connectivity index (χ4v) is 5.53. The van der Waals surface area contributed by atoms with Crippen LogP contribution in [0.4, 0.5) is 4.79 Å². The molecule has 0 aliphatic carbocycles. The SMILES string of the molecule is CCCCCCCCCCCCCC(=O)OC.CCCCCCCCCCCCCC(=O)OC1CCN(C(=O)OC(C)(C)C)C1. The highest BCUT2D eigenvalue weighted by atomic mass is 16.6. The van der Waals surface area contributed by atoms with Crippen molar-refractivity contribution < 1.29 is 28.6 Å². The number of hydrogen-bond donors (Lipinski definition) is 0. The molecule has 1 atom stereocenters. The van der Waals surface area contributed by atoms with Crippen LogP contribution in [0.15, 0.2) is 0 Å². The molecule has 45 heavy (non-hydrogen) atoms. The van der Waals surface area contributed by atoms with E-state index in [1.54, 1.807) is 4.90 Å². The summed E-state index contributed by atoms with van der Waals surface area (Å²) in [5.74, 6) is -0.201. The maximum absolute atomic E-state index is 12.0. The van der Waals surface area contributed by atoms with Crippen LogP contribution >= 0.6 is 0 Å². The van der Waals surface area contributed by atoms with Gasteiger partial charge in [0.2, 0.25) is 0 Å². The molecule has 0 aromatic rings. The van der Waals surface area contributed by atoms with Crippen molar-refractivity contribution in [1.82, 2.24) is 4.90 Å². The lowest BCUT2D eigenvalue weighted by Crippen LogP contribution is -2.36. The van der Waals surface area contributed by atoms with E-state index < -0.39 is 5.60 Å². The molecule has 1 unspecified atom stereocenters. The van der Waals surface area contributed by atoms with Crippen molar-refractivity contribution in [2.24, 2.45) is 0 Å². The average molecular weight is 640 g/mol. The Hall–Kier alpha value is -1.79. The maximum Gasteiger partial charge on any atom is 0.410 e. The standard InChI is InChI=1S/C23H43NO4.C15H30O2/c1-5-6-7-8-9-10-11-12-13-14-15-16-21(25)27-20-17-18-24(19-20)22(26)28-23(2,3)4;1-3-4-5-6-7-8-9-10-11-12-13-14-15(16)17-2/h20H,5-19H2,1-4H3;3-14H2,1-2H3. The minimum atomic E-state index is -0.499. The number of ether oxygens (including phenoxy) is 3. The van der Waals surface area contributed by atoms with Gasteiger partial charge in [0, 0.05) is 25.8 Å². The summed E-state index contributed by atoms with van der Waals surface area (Å²) in [7, 11) is 1.46. The van der Waals surface area contributed by atoms with E-state index >= 15 is 0 Å². The summed E-state index contributed by atoms with van der Waals surface area (Å²) < 4.78 is 15.5. The summed E-state index contributed by atoms with van der Waals surface area (Å²) in [5, 5.41) is 0. The van der Waals surface area contributed by atoms with Gasteiger partial charge >= 0.3 is 18.0 Å². The zero-order valence-corrected chi connectivity index (χ0v) is 30.6. The van der Waals surface area contributed by atoms with Gasteiger partial charge in [0.15, 0.2) is 0 Å². The van der Waals surface area contributed by atoms with Gasteiger partial charge in [0.25, 0.3) is 0 Å². The van der Waals surface area contributed by atoms with Crippen LogP contribution in [0.5, 0.6) is 0 Å². The Balaban J connectivity index is 0.000000976. The highest BCUT2D eigenvalue weighted by Crippen LogP contribution is 2.19. The summed E-state index contributed by atoms with van der Waals surface area (Å²) in [4.78, 5) is 36.5. The molecule has 1 amide bonds. The highest BCUT2D eigenvalue weighted by Gasteiger charge is 2.31. The Morgan fingerprint density at radius 3 is 1.36 bits per heavy atom. The van der Waals surface area contributed by atoms with E-state index in [4.69, 9.17) is 9.47 Å². The molecule has 1 heterocycles. The minimum absolute atomic E-state index is 0.0686. The number of carbonyl (C=O) groups excluding carboxylic acids is 3. The molecule has 0 saturated carbocycles. The van der Waals surface area contributed by atoms with Crippen molar-refractivity contribution in [2.45, 2.75) is 207 Å². The lowest BCUT2D eigenvalue weighted by molar-refractivity contribution is -0.148. The molecule has 0 aromatic heterocycles. The molecule has 7 heteroatoms. The lowest BCUT2D eigenvalue weighted by atomic mass is 10.1. The number of likely N-dealkylation sites (tertiary alicyclic amines) is 1. The lowest BCUT2D eigenvalue weighted by Gasteiger charge is -2.24. The second kappa shape index (κ2) is 29.6. The van der Waals surface area contributed by atoms with Crippen LogP contribution in [0.1, 0.15) is 195 Å². The molecular weight excluding hydrogens is 566 g/mol. The van der Waals surface area contributed by atoms with E-state index in [0.717, 1.165) is 19.3 Å². The minimum Gasteiger partial charge on any atom is -0.469 e. The fourth-order valence-electron chi connectivity index (χ4n) is 5.53. The fraction of sp³-hybridized carbons (Fsp3) is 0.921. The Bertz CT molecular complexity index is 720. The zero-order chi connectivity index (χ0) is 33.6. The van der Waals surface area contributed by atoms with Crippen molar-refractivity contribution in [3.05, 3.63) is 0 Å². The number of carbonyl (C=O) groups is 3. The molecule has 1 saturated heterocycles. The van der Waals surface area contributed by atoms with Crippen molar-refractivity contribution in [1.29, 1.82) is 0 Å². The van der Waals surface area contributed by atoms with Crippen LogP contribution in [-0.4, -0.2) is 54.8 Å². The van der Waals surface area contributed by atoms with E-state index in [1.165, 1.54) is 129 Å². The highest BCUT2D eigenvalue weighted by molar-refractivity contribution is 5.70. The van der Waals surface area contributed by atoms with E-state index in [0.29, 0.717) is 32.4 Å². The molecule has 0 aromatic carbocycles. The normalized spacial score (nSPS) is 14.5. The molecular formula is C38H73NO6. The van der Waals surface area contributed by atoms with E-state index in [1.807, 2.05) is 20.8 Å². The van der Waals surface area contributed by atoms with Crippen LogP contribution in [0.2, 0.25) is 0 Å². The third kappa shape index (κ3) is 29.4. The predicted octanol–water partition coefficient (Wildman–Crippen LogP) is 11.1. The number of amides is 1. The van der Waals surface area contributed by atoms with E-state index in [2.05, 4.69) is 18.6 Å². The molecule has 0 N–H and O–H groups in total. The molecule has 1 aliphatic heterocycles. The predicted molar refractivity (Wildman–Crippen MR) is 186 cm³/mol. The number of methoxy groups -OCH3 is 1. The number of unbranched alkanes of at least 4 members (excludes halogenated alkanes) is 20. The van der Waals surface area contributed by atoms with Crippen LogP contribution in [0, 0.1) is 0 Å². The van der Waals surface area contributed by atoms with Crippen LogP contribution in [0.25, 0.3) is 0 Å². The van der Waals surface area contributed by atoms with Gasteiger partial charge in [0.1, 0.15) is 11.7 Å². The van der Waals surface area contributed by atoms with Crippen molar-refractivity contribution in [3.8, 4) is 0 Å². The van der Waals surface area contributed by atoms with Gasteiger partial charge in [0.05, 0.1) is 13.7 Å².